The van der Waals surface area contributed by atoms with Crippen LogP contribution in [0.3, 0.4) is 0 Å². The summed E-state index contributed by atoms with van der Waals surface area (Å²) in [7, 11) is 0. The molecular formula is C18H25Cl2NO2. The largest absolute Gasteiger partial charge is 0.392 e. The minimum atomic E-state index is -0.167. The van der Waals surface area contributed by atoms with Crippen LogP contribution in [-0.4, -0.2) is 48.0 Å². The monoisotopic (exact) mass is 357 g/mol. The van der Waals surface area contributed by atoms with Gasteiger partial charge in [-0.25, -0.2) is 0 Å². The Labute approximate surface area is 148 Å². The highest BCUT2D eigenvalue weighted by atomic mass is 35.5. The van der Waals surface area contributed by atoms with Crippen LogP contribution in [0.5, 0.6) is 0 Å². The van der Waals surface area contributed by atoms with Gasteiger partial charge in [-0.05, 0) is 43.4 Å². The molecule has 0 amide bonds. The molecule has 1 aliphatic heterocycles. The molecule has 128 valence electrons. The van der Waals surface area contributed by atoms with E-state index in [9.17, 15) is 5.11 Å². The molecule has 3 nitrogen and oxygen atoms in total. The van der Waals surface area contributed by atoms with Crippen molar-refractivity contribution < 1.29 is 9.84 Å². The molecule has 1 N–H and O–H groups in total. The van der Waals surface area contributed by atoms with Crippen molar-refractivity contribution in [3.8, 4) is 0 Å². The number of aliphatic hydroxyl groups excluding tert-OH is 1. The van der Waals surface area contributed by atoms with Crippen molar-refractivity contribution in [3.05, 3.63) is 33.8 Å². The molecule has 1 aromatic carbocycles. The fourth-order valence-electron chi connectivity index (χ4n) is 3.84. The highest BCUT2D eigenvalue weighted by Crippen LogP contribution is 2.29. The van der Waals surface area contributed by atoms with Crippen LogP contribution in [0, 0.1) is 0 Å². The summed E-state index contributed by atoms with van der Waals surface area (Å²) < 4.78 is 6.22. The van der Waals surface area contributed by atoms with Gasteiger partial charge in [0.2, 0.25) is 0 Å². The average molecular weight is 358 g/mol. The predicted molar refractivity (Wildman–Crippen MR) is 94.4 cm³/mol. The Morgan fingerprint density at radius 1 is 1.13 bits per heavy atom. The van der Waals surface area contributed by atoms with E-state index in [4.69, 9.17) is 27.9 Å². The van der Waals surface area contributed by atoms with Gasteiger partial charge in [-0.1, -0.05) is 42.1 Å². The van der Waals surface area contributed by atoms with Crippen LogP contribution in [0.1, 0.15) is 37.7 Å². The molecule has 2 aliphatic rings. The first kappa shape index (κ1) is 17.5. The highest BCUT2D eigenvalue weighted by molar-refractivity contribution is 6.35. The van der Waals surface area contributed by atoms with E-state index in [2.05, 4.69) is 4.90 Å². The van der Waals surface area contributed by atoms with E-state index in [-0.39, 0.29) is 12.2 Å². The Hall–Kier alpha value is -0.320. The zero-order valence-electron chi connectivity index (χ0n) is 13.4. The molecule has 0 spiro atoms. The number of ether oxygens (including phenoxy) is 1. The number of aliphatic hydroxyl groups is 1. The molecule has 0 bridgehead atoms. The van der Waals surface area contributed by atoms with Crippen molar-refractivity contribution in [1.82, 2.24) is 4.90 Å². The van der Waals surface area contributed by atoms with Gasteiger partial charge >= 0.3 is 0 Å². The number of benzene rings is 1. The lowest BCUT2D eigenvalue weighted by Crippen LogP contribution is -2.46. The fraction of sp³-hybridized carbons (Fsp3) is 0.667. The van der Waals surface area contributed by atoms with E-state index in [1.165, 1.54) is 19.3 Å². The Balaban J connectivity index is 1.55. The second-order valence-corrected chi connectivity index (χ2v) is 7.46. The molecule has 23 heavy (non-hydrogen) atoms. The minimum absolute atomic E-state index is 0.167. The second-order valence-electron chi connectivity index (χ2n) is 6.65. The molecule has 1 heterocycles. The van der Waals surface area contributed by atoms with Crippen LogP contribution in [0.2, 0.25) is 10.0 Å². The number of β-amino-alcohol motifs (C(OH)–C–C–N with tert-alkyl or cyclic N) is 1. The third kappa shape index (κ3) is 4.40. The molecular weight excluding hydrogens is 333 g/mol. The van der Waals surface area contributed by atoms with Gasteiger partial charge in [-0.15, -0.1) is 0 Å². The van der Waals surface area contributed by atoms with Crippen LogP contribution in [0.4, 0.5) is 0 Å². The van der Waals surface area contributed by atoms with Crippen molar-refractivity contribution in [2.45, 2.75) is 56.8 Å². The first-order valence-corrected chi connectivity index (χ1v) is 9.37. The lowest BCUT2D eigenvalue weighted by Gasteiger charge is -2.37. The van der Waals surface area contributed by atoms with Crippen LogP contribution in [0.15, 0.2) is 18.2 Å². The Kier molecular flexibility index (Phi) is 6.22. The summed E-state index contributed by atoms with van der Waals surface area (Å²) in [5.41, 5.74) is 0.972. The van der Waals surface area contributed by atoms with Gasteiger partial charge in [-0.2, -0.15) is 0 Å². The standard InChI is InChI=1S/C18H25Cl2NO2/c19-15-4-3-5-16(20)14(15)9-11-23-18-7-2-1-6-17(18)21-10-8-13(22)12-21/h3-5,13,17-18,22H,1-2,6-12H2. The van der Waals surface area contributed by atoms with Gasteiger partial charge in [0, 0.05) is 29.2 Å². The predicted octanol–water partition coefficient (Wildman–Crippen LogP) is 3.93. The molecule has 3 rings (SSSR count). The van der Waals surface area contributed by atoms with E-state index >= 15 is 0 Å². The molecule has 1 saturated carbocycles. The quantitative estimate of drug-likeness (QED) is 0.866. The number of halogens is 2. The first-order chi connectivity index (χ1) is 11.1. The van der Waals surface area contributed by atoms with Crippen molar-refractivity contribution in [3.63, 3.8) is 0 Å². The van der Waals surface area contributed by atoms with Crippen molar-refractivity contribution in [2.24, 2.45) is 0 Å². The summed E-state index contributed by atoms with van der Waals surface area (Å²) in [6.07, 6.45) is 6.48. The minimum Gasteiger partial charge on any atom is -0.392 e. The Bertz CT molecular complexity index is 505. The van der Waals surface area contributed by atoms with E-state index < -0.39 is 0 Å². The van der Waals surface area contributed by atoms with Crippen LogP contribution in [0.25, 0.3) is 0 Å². The number of hydrogen-bond acceptors (Lipinski definition) is 3. The lowest BCUT2D eigenvalue weighted by atomic mass is 9.91. The molecule has 2 fully saturated rings. The Morgan fingerprint density at radius 3 is 2.57 bits per heavy atom. The second kappa shape index (κ2) is 8.17. The third-order valence-corrected chi connectivity index (χ3v) is 5.79. The maximum absolute atomic E-state index is 9.79. The summed E-state index contributed by atoms with van der Waals surface area (Å²) in [4.78, 5) is 2.41. The molecule has 1 aromatic rings. The smallest absolute Gasteiger partial charge is 0.0730 e. The average Bonchev–Trinajstić information content (AvgIpc) is 2.97. The highest BCUT2D eigenvalue weighted by Gasteiger charge is 2.34. The van der Waals surface area contributed by atoms with Crippen molar-refractivity contribution in [2.75, 3.05) is 19.7 Å². The normalized spacial score (nSPS) is 29.1. The maximum atomic E-state index is 9.79. The zero-order valence-corrected chi connectivity index (χ0v) is 14.9. The van der Waals surface area contributed by atoms with Gasteiger partial charge in [-0.3, -0.25) is 4.90 Å². The lowest BCUT2D eigenvalue weighted by molar-refractivity contribution is -0.0315. The molecule has 5 heteroatoms. The first-order valence-electron chi connectivity index (χ1n) is 8.62. The summed E-state index contributed by atoms with van der Waals surface area (Å²) in [6, 6.07) is 6.06. The van der Waals surface area contributed by atoms with E-state index in [1.807, 2.05) is 18.2 Å². The van der Waals surface area contributed by atoms with Crippen molar-refractivity contribution >= 4 is 23.2 Å². The maximum Gasteiger partial charge on any atom is 0.0730 e. The van der Waals surface area contributed by atoms with E-state index in [1.54, 1.807) is 0 Å². The van der Waals surface area contributed by atoms with Crippen LogP contribution >= 0.6 is 23.2 Å². The van der Waals surface area contributed by atoms with Crippen LogP contribution < -0.4 is 0 Å². The van der Waals surface area contributed by atoms with E-state index in [0.29, 0.717) is 22.7 Å². The van der Waals surface area contributed by atoms with Gasteiger partial charge in [0.05, 0.1) is 18.8 Å². The molecule has 0 radical (unpaired) electrons. The summed E-state index contributed by atoms with van der Waals surface area (Å²) in [6.45, 7) is 2.42. The van der Waals surface area contributed by atoms with Gasteiger partial charge in [0.15, 0.2) is 0 Å². The summed E-state index contributed by atoms with van der Waals surface area (Å²) in [5.74, 6) is 0. The topological polar surface area (TPSA) is 32.7 Å². The van der Waals surface area contributed by atoms with E-state index in [0.717, 1.165) is 37.9 Å². The van der Waals surface area contributed by atoms with Gasteiger partial charge < -0.3 is 9.84 Å². The van der Waals surface area contributed by atoms with Crippen LogP contribution in [-0.2, 0) is 11.2 Å². The summed E-state index contributed by atoms with van der Waals surface area (Å²) in [5, 5.41) is 11.2. The molecule has 3 atom stereocenters. The number of nitrogens with zero attached hydrogens (tertiary/aromatic N) is 1. The molecule has 3 unspecified atom stereocenters. The Morgan fingerprint density at radius 2 is 1.87 bits per heavy atom. The molecule has 0 aromatic heterocycles. The van der Waals surface area contributed by atoms with Gasteiger partial charge in [0.1, 0.15) is 0 Å². The zero-order chi connectivity index (χ0) is 16.2. The fourth-order valence-corrected chi connectivity index (χ4v) is 4.43. The summed E-state index contributed by atoms with van der Waals surface area (Å²) >= 11 is 12.4. The number of rotatable bonds is 5. The molecule has 1 saturated heterocycles. The number of likely N-dealkylation sites (tertiary alicyclic amines) is 1. The van der Waals surface area contributed by atoms with Crippen molar-refractivity contribution in [1.29, 1.82) is 0 Å². The number of hydrogen-bond donors (Lipinski definition) is 1. The third-order valence-electron chi connectivity index (χ3n) is 5.08. The van der Waals surface area contributed by atoms with Gasteiger partial charge in [0.25, 0.3) is 0 Å². The molecule has 1 aliphatic carbocycles. The SMILES string of the molecule is OC1CCN(C2CCCCC2OCCc2c(Cl)cccc2Cl)C1.